The minimum Gasteiger partial charge on any atom is -0.310 e. The summed E-state index contributed by atoms with van der Waals surface area (Å²) in [6.45, 7) is 0. The maximum absolute atomic E-state index is 2.47. The van der Waals surface area contributed by atoms with E-state index in [-0.39, 0.29) is 0 Å². The molecule has 8 aromatic carbocycles. The van der Waals surface area contributed by atoms with Crippen LogP contribution in [0.25, 0.3) is 51.1 Å². The highest BCUT2D eigenvalue weighted by Gasteiger charge is 2.24. The molecule has 0 unspecified atom stereocenters. The van der Waals surface area contributed by atoms with Gasteiger partial charge in [0.2, 0.25) is 0 Å². The predicted molar refractivity (Wildman–Crippen MR) is 219 cm³/mol. The summed E-state index contributed by atoms with van der Waals surface area (Å²) in [5.41, 5.74) is 6.77. The highest BCUT2D eigenvalue weighted by molar-refractivity contribution is 7.26. The van der Waals surface area contributed by atoms with E-state index >= 15 is 0 Å². The average molecular weight is 675 g/mol. The van der Waals surface area contributed by atoms with Crippen molar-refractivity contribution in [3.8, 4) is 0 Å². The summed E-state index contributed by atoms with van der Waals surface area (Å²) in [7, 11) is 0. The van der Waals surface area contributed by atoms with E-state index < -0.39 is 0 Å². The number of para-hydroxylation sites is 3. The topological polar surface area (TPSA) is 6.48 Å². The van der Waals surface area contributed by atoms with Crippen molar-refractivity contribution >= 4 is 108 Å². The second-order valence-corrected chi connectivity index (χ2v) is 14.7. The lowest BCUT2D eigenvalue weighted by atomic mass is 10.0. The van der Waals surface area contributed by atoms with Gasteiger partial charge < -0.3 is 9.80 Å². The maximum Gasteiger partial charge on any atom is 0.0575 e. The first-order chi connectivity index (χ1) is 24.8. The quantitative estimate of drug-likeness (QED) is 0.173. The Bertz CT molecular complexity index is 2780. The molecule has 2 heterocycles. The second kappa shape index (κ2) is 11.9. The summed E-state index contributed by atoms with van der Waals surface area (Å²) in [5, 5.41) is 7.72. The molecule has 0 amide bonds. The van der Waals surface area contributed by atoms with Crippen molar-refractivity contribution in [1.29, 1.82) is 0 Å². The van der Waals surface area contributed by atoms with E-state index in [1.807, 2.05) is 22.7 Å². The van der Waals surface area contributed by atoms with E-state index in [4.69, 9.17) is 0 Å². The first-order valence-corrected chi connectivity index (χ1v) is 18.5. The Morgan fingerprint density at radius 2 is 0.860 bits per heavy atom. The standard InChI is InChI=1S/C46H30N2S2/c1-4-15-32(16-5-1)47(33-17-6-2-7-18-33)36-28-40(46-44(30-36)50-42-27-24-31-14-10-11-21-37(31)45(42)46)48(34-19-8-3-9-20-34)35-25-26-39-38-22-12-13-23-41(38)49-43(39)29-35/h1-30H. The van der Waals surface area contributed by atoms with E-state index in [1.165, 1.54) is 51.1 Å². The van der Waals surface area contributed by atoms with Crippen molar-refractivity contribution in [3.05, 3.63) is 182 Å². The van der Waals surface area contributed by atoms with E-state index in [9.17, 15) is 0 Å². The molecule has 4 heteroatoms. The van der Waals surface area contributed by atoms with E-state index in [0.29, 0.717) is 0 Å². The molecule has 10 rings (SSSR count). The Hall–Kier alpha value is -5.94. The third-order valence-corrected chi connectivity index (χ3v) is 11.8. The molecule has 0 bridgehead atoms. The molecule has 10 aromatic rings. The van der Waals surface area contributed by atoms with Crippen molar-refractivity contribution in [1.82, 2.24) is 0 Å². The molecule has 0 fully saturated rings. The van der Waals surface area contributed by atoms with Gasteiger partial charge in [0, 0.05) is 68.8 Å². The minimum absolute atomic E-state index is 1.12. The minimum atomic E-state index is 1.12. The first kappa shape index (κ1) is 29.0. The molecular formula is C46H30N2S2. The number of thiophene rings is 2. The highest BCUT2D eigenvalue weighted by atomic mass is 32.1. The van der Waals surface area contributed by atoms with Gasteiger partial charge in [-0.15, -0.1) is 22.7 Å². The number of benzene rings is 8. The lowest BCUT2D eigenvalue weighted by molar-refractivity contribution is 1.27. The van der Waals surface area contributed by atoms with Gasteiger partial charge in [0.1, 0.15) is 0 Å². The fourth-order valence-electron chi connectivity index (χ4n) is 7.40. The Morgan fingerprint density at radius 3 is 1.58 bits per heavy atom. The van der Waals surface area contributed by atoms with Gasteiger partial charge in [0.05, 0.1) is 5.69 Å². The molecular weight excluding hydrogens is 645 g/mol. The molecule has 0 radical (unpaired) electrons. The Labute approximate surface area is 298 Å². The summed E-state index contributed by atoms with van der Waals surface area (Å²) >= 11 is 3.74. The maximum atomic E-state index is 2.47. The molecule has 0 saturated carbocycles. The summed E-state index contributed by atoms with van der Waals surface area (Å²) in [6, 6.07) is 66.1. The number of hydrogen-bond acceptors (Lipinski definition) is 4. The van der Waals surface area contributed by atoms with Crippen LogP contribution in [0.5, 0.6) is 0 Å². The molecule has 0 aliphatic carbocycles. The fourth-order valence-corrected chi connectivity index (χ4v) is 9.71. The van der Waals surface area contributed by atoms with Crippen LogP contribution in [-0.2, 0) is 0 Å². The summed E-state index contributed by atoms with van der Waals surface area (Å²) in [4.78, 5) is 4.85. The third-order valence-electron chi connectivity index (χ3n) is 9.59. The summed E-state index contributed by atoms with van der Waals surface area (Å²) in [5.74, 6) is 0. The van der Waals surface area contributed by atoms with Crippen molar-refractivity contribution in [2.45, 2.75) is 0 Å². The van der Waals surface area contributed by atoms with Crippen LogP contribution < -0.4 is 9.80 Å². The Morgan fingerprint density at radius 1 is 0.300 bits per heavy atom. The van der Waals surface area contributed by atoms with E-state index in [1.54, 1.807) is 0 Å². The number of fused-ring (bicyclic) bond motifs is 8. The monoisotopic (exact) mass is 674 g/mol. The van der Waals surface area contributed by atoms with Gasteiger partial charge in [-0.25, -0.2) is 0 Å². The van der Waals surface area contributed by atoms with Crippen molar-refractivity contribution in [2.75, 3.05) is 9.80 Å². The van der Waals surface area contributed by atoms with Gasteiger partial charge >= 0.3 is 0 Å². The fraction of sp³-hybridized carbons (Fsp3) is 0. The lowest BCUT2D eigenvalue weighted by Gasteiger charge is -2.30. The predicted octanol–water partition coefficient (Wildman–Crippen LogP) is 14.5. The molecule has 236 valence electrons. The van der Waals surface area contributed by atoms with Crippen LogP contribution in [0.2, 0.25) is 0 Å². The highest BCUT2D eigenvalue weighted by Crippen LogP contribution is 2.51. The third kappa shape index (κ3) is 4.76. The molecule has 0 spiro atoms. The Balaban J connectivity index is 1.32. The Kier molecular flexibility index (Phi) is 6.90. The molecule has 0 aliphatic rings. The molecule has 0 atom stereocenters. The van der Waals surface area contributed by atoms with Gasteiger partial charge in [-0.2, -0.15) is 0 Å². The lowest BCUT2D eigenvalue weighted by Crippen LogP contribution is -2.13. The van der Waals surface area contributed by atoms with Crippen molar-refractivity contribution < 1.29 is 0 Å². The van der Waals surface area contributed by atoms with E-state index in [2.05, 4.69) is 192 Å². The number of hydrogen-bond donors (Lipinski definition) is 0. The largest absolute Gasteiger partial charge is 0.310 e. The van der Waals surface area contributed by atoms with Crippen LogP contribution in [0.3, 0.4) is 0 Å². The van der Waals surface area contributed by atoms with Crippen LogP contribution in [0.15, 0.2) is 182 Å². The number of nitrogens with zero attached hydrogens (tertiary/aromatic N) is 2. The molecule has 0 saturated heterocycles. The molecule has 0 N–H and O–H groups in total. The van der Waals surface area contributed by atoms with Crippen molar-refractivity contribution in [2.24, 2.45) is 0 Å². The second-order valence-electron chi connectivity index (χ2n) is 12.6. The zero-order valence-electron chi connectivity index (χ0n) is 27.0. The zero-order chi connectivity index (χ0) is 33.0. The molecule has 0 aliphatic heterocycles. The van der Waals surface area contributed by atoms with Gasteiger partial charge in [-0.05, 0) is 83.6 Å². The van der Waals surface area contributed by atoms with Crippen LogP contribution in [0.4, 0.5) is 34.1 Å². The van der Waals surface area contributed by atoms with Gasteiger partial charge in [0.15, 0.2) is 0 Å². The van der Waals surface area contributed by atoms with E-state index in [0.717, 1.165) is 34.1 Å². The number of anilines is 6. The van der Waals surface area contributed by atoms with Crippen LogP contribution >= 0.6 is 22.7 Å². The van der Waals surface area contributed by atoms with Crippen LogP contribution in [0, 0.1) is 0 Å². The smallest absolute Gasteiger partial charge is 0.0575 e. The van der Waals surface area contributed by atoms with Gasteiger partial charge in [-0.3, -0.25) is 0 Å². The van der Waals surface area contributed by atoms with Crippen LogP contribution in [0.1, 0.15) is 0 Å². The summed E-state index contributed by atoms with van der Waals surface area (Å²) < 4.78 is 5.14. The summed E-state index contributed by atoms with van der Waals surface area (Å²) in [6.07, 6.45) is 0. The van der Waals surface area contributed by atoms with Gasteiger partial charge in [-0.1, -0.05) is 109 Å². The molecule has 2 nitrogen and oxygen atoms in total. The first-order valence-electron chi connectivity index (χ1n) is 16.8. The van der Waals surface area contributed by atoms with Crippen molar-refractivity contribution in [3.63, 3.8) is 0 Å². The number of rotatable bonds is 6. The zero-order valence-corrected chi connectivity index (χ0v) is 28.7. The average Bonchev–Trinajstić information content (AvgIpc) is 3.75. The molecule has 2 aromatic heterocycles. The van der Waals surface area contributed by atoms with Gasteiger partial charge in [0.25, 0.3) is 0 Å². The normalized spacial score (nSPS) is 11.6. The van der Waals surface area contributed by atoms with Crippen LogP contribution in [-0.4, -0.2) is 0 Å². The SMILES string of the molecule is c1ccc(N(c2ccccc2)c2cc(N(c3ccccc3)c3ccc4c(c3)sc3ccccc34)c3c(c2)sc2ccc4ccccc4c23)cc1. The molecule has 50 heavy (non-hydrogen) atoms.